The second-order valence-electron chi connectivity index (χ2n) is 8.09. The predicted octanol–water partition coefficient (Wildman–Crippen LogP) is 3.03. The van der Waals surface area contributed by atoms with Gasteiger partial charge in [-0.3, -0.25) is 9.78 Å². The number of alkyl halides is 3. The Hall–Kier alpha value is -2.88. The Morgan fingerprint density at radius 1 is 1.06 bits per heavy atom. The first-order valence-electron chi connectivity index (χ1n) is 10.8. The highest BCUT2D eigenvalue weighted by Crippen LogP contribution is 2.31. The second-order valence-corrected chi connectivity index (χ2v) is 8.09. The maximum Gasteiger partial charge on any atom is 0.416 e. The molecule has 0 spiro atoms. The quantitative estimate of drug-likeness (QED) is 0.731. The lowest BCUT2D eigenvalue weighted by atomic mass is 10.1. The zero-order valence-corrected chi connectivity index (χ0v) is 17.6. The standard InChI is InChI=1S/C22H26F3N5O2/c23-22(24,25)15-1-3-17(4-2-15)30-11-7-18(8-12-30)32-20-14-27-13-19(29-20)21(31)28-16-5-9-26-10-6-16/h1-4,13-14,16,18,26H,5-12H2,(H,28,31). The molecule has 10 heteroatoms. The molecule has 32 heavy (non-hydrogen) atoms. The van der Waals surface area contributed by atoms with Crippen molar-refractivity contribution < 1.29 is 22.7 Å². The number of hydrogen-bond acceptors (Lipinski definition) is 6. The number of anilines is 1. The first-order chi connectivity index (χ1) is 15.4. The molecular weight excluding hydrogens is 423 g/mol. The van der Waals surface area contributed by atoms with E-state index in [9.17, 15) is 18.0 Å². The van der Waals surface area contributed by atoms with Crippen LogP contribution in [0.1, 0.15) is 41.7 Å². The molecule has 2 N–H and O–H groups in total. The van der Waals surface area contributed by atoms with Crippen LogP contribution in [0.25, 0.3) is 0 Å². The molecule has 4 rings (SSSR count). The highest BCUT2D eigenvalue weighted by Gasteiger charge is 2.30. The topological polar surface area (TPSA) is 79.4 Å². The van der Waals surface area contributed by atoms with E-state index in [2.05, 4.69) is 20.6 Å². The molecule has 1 aromatic carbocycles. The maximum absolute atomic E-state index is 12.7. The third kappa shape index (κ3) is 5.67. The smallest absolute Gasteiger partial charge is 0.416 e. The van der Waals surface area contributed by atoms with Crippen molar-refractivity contribution in [3.8, 4) is 5.88 Å². The van der Waals surface area contributed by atoms with E-state index in [1.54, 1.807) is 0 Å². The molecule has 2 fully saturated rings. The van der Waals surface area contributed by atoms with Gasteiger partial charge in [0.25, 0.3) is 5.91 Å². The Morgan fingerprint density at radius 2 is 1.75 bits per heavy atom. The van der Waals surface area contributed by atoms with Crippen molar-refractivity contribution in [3.63, 3.8) is 0 Å². The lowest BCUT2D eigenvalue weighted by molar-refractivity contribution is -0.137. The van der Waals surface area contributed by atoms with Gasteiger partial charge in [0.05, 0.1) is 18.0 Å². The van der Waals surface area contributed by atoms with Crippen LogP contribution in [-0.4, -0.2) is 54.2 Å². The van der Waals surface area contributed by atoms with Gasteiger partial charge >= 0.3 is 6.18 Å². The second kappa shape index (κ2) is 9.72. The summed E-state index contributed by atoms with van der Waals surface area (Å²) in [7, 11) is 0. The molecular formula is C22H26F3N5O2. The molecule has 0 radical (unpaired) electrons. The molecule has 0 aliphatic carbocycles. The SMILES string of the molecule is O=C(NC1CCNCC1)c1cncc(OC2CCN(c3ccc(C(F)(F)F)cc3)CC2)n1. The van der Waals surface area contributed by atoms with E-state index >= 15 is 0 Å². The summed E-state index contributed by atoms with van der Waals surface area (Å²) in [6, 6.07) is 5.34. The lowest BCUT2D eigenvalue weighted by Crippen LogP contribution is -2.43. The number of carbonyl (C=O) groups excluding carboxylic acids is 1. The van der Waals surface area contributed by atoms with E-state index in [1.165, 1.54) is 24.5 Å². The van der Waals surface area contributed by atoms with Crippen molar-refractivity contribution in [3.05, 3.63) is 47.9 Å². The van der Waals surface area contributed by atoms with Gasteiger partial charge in [0.1, 0.15) is 11.8 Å². The maximum atomic E-state index is 12.7. The fraction of sp³-hybridized carbons (Fsp3) is 0.500. The summed E-state index contributed by atoms with van der Waals surface area (Å²) in [6.07, 6.45) is 1.62. The first kappa shape index (κ1) is 22.3. The molecule has 0 saturated carbocycles. The summed E-state index contributed by atoms with van der Waals surface area (Å²) < 4.78 is 44.2. The number of aromatic nitrogens is 2. The Bertz CT molecular complexity index is 909. The average Bonchev–Trinajstić information content (AvgIpc) is 2.80. The van der Waals surface area contributed by atoms with Crippen LogP contribution in [0.15, 0.2) is 36.7 Å². The van der Waals surface area contributed by atoms with E-state index in [-0.39, 0.29) is 23.7 Å². The highest BCUT2D eigenvalue weighted by atomic mass is 19.4. The first-order valence-corrected chi connectivity index (χ1v) is 10.8. The number of amides is 1. The zero-order valence-electron chi connectivity index (χ0n) is 17.6. The fourth-order valence-electron chi connectivity index (χ4n) is 4.00. The van der Waals surface area contributed by atoms with Crippen molar-refractivity contribution in [1.29, 1.82) is 0 Å². The number of nitrogens with one attached hydrogen (secondary N) is 2. The van der Waals surface area contributed by atoms with Crippen LogP contribution < -0.4 is 20.3 Å². The minimum atomic E-state index is -4.33. The molecule has 0 unspecified atom stereocenters. The minimum Gasteiger partial charge on any atom is -0.473 e. The number of nitrogens with zero attached hydrogens (tertiary/aromatic N) is 3. The van der Waals surface area contributed by atoms with Gasteiger partial charge in [-0.1, -0.05) is 0 Å². The molecule has 2 aliphatic rings. The van der Waals surface area contributed by atoms with Crippen LogP contribution in [0.2, 0.25) is 0 Å². The monoisotopic (exact) mass is 449 g/mol. The average molecular weight is 449 g/mol. The Morgan fingerprint density at radius 3 is 2.41 bits per heavy atom. The minimum absolute atomic E-state index is 0.0993. The van der Waals surface area contributed by atoms with Gasteiger partial charge < -0.3 is 20.3 Å². The van der Waals surface area contributed by atoms with Crippen LogP contribution in [-0.2, 0) is 6.18 Å². The normalized spacial score (nSPS) is 18.4. The van der Waals surface area contributed by atoms with Gasteiger partial charge in [0.2, 0.25) is 5.88 Å². The molecule has 0 bridgehead atoms. The number of hydrogen-bond donors (Lipinski definition) is 2. The Kier molecular flexibility index (Phi) is 6.78. The number of ether oxygens (including phenoxy) is 1. The predicted molar refractivity (Wildman–Crippen MR) is 113 cm³/mol. The summed E-state index contributed by atoms with van der Waals surface area (Å²) in [5.41, 5.74) is 0.332. The summed E-state index contributed by atoms with van der Waals surface area (Å²) in [5, 5.41) is 6.25. The van der Waals surface area contributed by atoms with Crippen molar-refractivity contribution in [2.24, 2.45) is 0 Å². The zero-order chi connectivity index (χ0) is 22.6. The van der Waals surface area contributed by atoms with Gasteiger partial charge in [-0.15, -0.1) is 0 Å². The molecule has 2 aromatic rings. The molecule has 1 aromatic heterocycles. The van der Waals surface area contributed by atoms with Crippen molar-refractivity contribution in [2.45, 2.75) is 44.0 Å². The fourth-order valence-corrected chi connectivity index (χ4v) is 4.00. The summed E-state index contributed by atoms with van der Waals surface area (Å²) in [6.45, 7) is 3.06. The summed E-state index contributed by atoms with van der Waals surface area (Å²) in [4.78, 5) is 22.9. The third-order valence-electron chi connectivity index (χ3n) is 5.81. The van der Waals surface area contributed by atoms with Crippen molar-refractivity contribution in [1.82, 2.24) is 20.6 Å². The van der Waals surface area contributed by atoms with Crippen molar-refractivity contribution in [2.75, 3.05) is 31.1 Å². The largest absolute Gasteiger partial charge is 0.473 e. The lowest BCUT2D eigenvalue weighted by Gasteiger charge is -2.33. The summed E-state index contributed by atoms with van der Waals surface area (Å²) in [5.74, 6) is 0.0444. The van der Waals surface area contributed by atoms with Crippen LogP contribution in [0, 0.1) is 0 Å². The molecule has 1 amide bonds. The number of carbonyl (C=O) groups is 1. The molecule has 2 saturated heterocycles. The van der Waals surface area contributed by atoms with Crippen LogP contribution in [0.4, 0.5) is 18.9 Å². The van der Waals surface area contributed by atoms with Crippen molar-refractivity contribution >= 4 is 11.6 Å². The highest BCUT2D eigenvalue weighted by molar-refractivity contribution is 5.92. The molecule has 0 atom stereocenters. The number of piperidine rings is 2. The van der Waals surface area contributed by atoms with Crippen LogP contribution >= 0.6 is 0 Å². The van der Waals surface area contributed by atoms with E-state index in [1.807, 2.05) is 4.90 Å². The van der Waals surface area contributed by atoms with Gasteiger partial charge in [-0.05, 0) is 50.2 Å². The number of rotatable bonds is 5. The van der Waals surface area contributed by atoms with Crippen LogP contribution in [0.5, 0.6) is 5.88 Å². The van der Waals surface area contributed by atoms with Gasteiger partial charge in [0, 0.05) is 37.7 Å². The molecule has 172 valence electrons. The van der Waals surface area contributed by atoms with Gasteiger partial charge in [-0.2, -0.15) is 13.2 Å². The van der Waals surface area contributed by atoms with E-state index in [0.717, 1.165) is 43.8 Å². The van der Waals surface area contributed by atoms with E-state index < -0.39 is 11.7 Å². The van der Waals surface area contributed by atoms with E-state index in [4.69, 9.17) is 4.74 Å². The van der Waals surface area contributed by atoms with E-state index in [0.29, 0.717) is 31.8 Å². The van der Waals surface area contributed by atoms with Gasteiger partial charge in [0.15, 0.2) is 0 Å². The third-order valence-corrected chi connectivity index (χ3v) is 5.81. The Balaban J connectivity index is 1.29. The molecule has 3 heterocycles. The van der Waals surface area contributed by atoms with Crippen LogP contribution in [0.3, 0.4) is 0 Å². The number of benzene rings is 1. The van der Waals surface area contributed by atoms with Gasteiger partial charge in [-0.25, -0.2) is 4.98 Å². The Labute approximate surface area is 184 Å². The summed E-state index contributed by atoms with van der Waals surface area (Å²) >= 11 is 0. The number of halogens is 3. The molecule has 2 aliphatic heterocycles. The molecule has 7 nitrogen and oxygen atoms in total.